The Labute approximate surface area is 195 Å². The molecular weight excluding hydrogens is 443 g/mol. The van der Waals surface area contributed by atoms with Crippen LogP contribution in [-0.4, -0.2) is 31.0 Å². The fourth-order valence-electron chi connectivity index (χ4n) is 3.92. The van der Waals surface area contributed by atoms with Crippen LogP contribution in [0.1, 0.15) is 38.2 Å². The van der Waals surface area contributed by atoms with Crippen LogP contribution in [0.2, 0.25) is 0 Å². The number of imide groups is 1. The van der Waals surface area contributed by atoms with Crippen molar-refractivity contribution in [1.29, 1.82) is 5.26 Å². The van der Waals surface area contributed by atoms with E-state index in [0.717, 1.165) is 23.8 Å². The van der Waals surface area contributed by atoms with E-state index in [1.165, 1.54) is 18.2 Å². The maximum absolute atomic E-state index is 14.9. The summed E-state index contributed by atoms with van der Waals surface area (Å²) in [5, 5.41) is 9.44. The van der Waals surface area contributed by atoms with Crippen molar-refractivity contribution >= 4 is 23.5 Å². The van der Waals surface area contributed by atoms with Gasteiger partial charge < -0.3 is 14.2 Å². The first-order chi connectivity index (χ1) is 16.4. The van der Waals surface area contributed by atoms with Crippen molar-refractivity contribution in [3.8, 4) is 23.3 Å². The average molecular weight is 464 g/mol. The van der Waals surface area contributed by atoms with Gasteiger partial charge in [0.15, 0.2) is 6.61 Å². The van der Waals surface area contributed by atoms with Crippen LogP contribution in [0, 0.1) is 17.1 Å². The van der Waals surface area contributed by atoms with Gasteiger partial charge in [0.2, 0.25) is 0 Å². The summed E-state index contributed by atoms with van der Waals surface area (Å²) in [5.41, 5.74) is 0.510. The molecule has 1 aliphatic carbocycles. The minimum atomic E-state index is -0.867. The molecule has 0 atom stereocenters. The van der Waals surface area contributed by atoms with Crippen LogP contribution in [0.25, 0.3) is 0 Å². The smallest absolute Gasteiger partial charge is 0.344 e. The Kier molecular flexibility index (Phi) is 6.59. The van der Waals surface area contributed by atoms with Gasteiger partial charge in [-0.25, -0.2) is 14.1 Å². The monoisotopic (exact) mass is 464 g/mol. The fraction of sp³-hybridized carbons (Fsp3) is 0.280. The standard InChI is InChI=1S/C25H21FN2O6/c1-2-32-23(29)14-33-16-7-9-17(10-8-16)34-22-12-21(20(26)11-15(22)13-27)28-24(30)18-5-3-4-6-19(18)25(28)31/h7-12H,2-6,14H2,1H3. The number of ether oxygens (including phenoxy) is 3. The molecule has 1 heterocycles. The van der Waals surface area contributed by atoms with Crippen LogP contribution in [0.4, 0.5) is 10.1 Å². The van der Waals surface area contributed by atoms with E-state index in [4.69, 9.17) is 14.2 Å². The average Bonchev–Trinajstić information content (AvgIpc) is 3.09. The molecule has 0 aromatic heterocycles. The predicted molar refractivity (Wildman–Crippen MR) is 118 cm³/mol. The highest BCUT2D eigenvalue weighted by atomic mass is 19.1. The van der Waals surface area contributed by atoms with E-state index in [9.17, 15) is 24.0 Å². The van der Waals surface area contributed by atoms with Crippen LogP contribution in [0.5, 0.6) is 17.2 Å². The summed E-state index contributed by atoms with van der Waals surface area (Å²) in [4.78, 5) is 37.9. The lowest BCUT2D eigenvalue weighted by atomic mass is 9.93. The van der Waals surface area contributed by atoms with E-state index in [2.05, 4.69) is 0 Å². The molecule has 2 aliphatic rings. The van der Waals surface area contributed by atoms with Crippen molar-refractivity contribution in [3.05, 3.63) is 58.9 Å². The number of benzene rings is 2. The number of halogens is 1. The number of hydrogen-bond acceptors (Lipinski definition) is 7. The maximum Gasteiger partial charge on any atom is 0.344 e. The first kappa shape index (κ1) is 23.0. The molecule has 9 heteroatoms. The molecule has 1 aliphatic heterocycles. The van der Waals surface area contributed by atoms with Gasteiger partial charge in [-0.3, -0.25) is 9.59 Å². The Morgan fingerprint density at radius 2 is 1.68 bits per heavy atom. The molecule has 0 saturated heterocycles. The van der Waals surface area contributed by atoms with Gasteiger partial charge in [0.05, 0.1) is 17.9 Å². The van der Waals surface area contributed by atoms with Crippen LogP contribution >= 0.6 is 0 Å². The molecule has 0 bridgehead atoms. The molecular formula is C25H21FN2O6. The molecule has 2 aromatic rings. The first-order valence-electron chi connectivity index (χ1n) is 10.8. The summed E-state index contributed by atoms with van der Waals surface area (Å²) < 4.78 is 30.7. The second-order valence-electron chi connectivity index (χ2n) is 7.69. The summed E-state index contributed by atoms with van der Waals surface area (Å²) in [5.74, 6) is -1.74. The predicted octanol–water partition coefficient (Wildman–Crippen LogP) is 4.18. The number of esters is 1. The van der Waals surface area contributed by atoms with Gasteiger partial charge in [-0.1, -0.05) is 0 Å². The Morgan fingerprint density at radius 3 is 2.26 bits per heavy atom. The van der Waals surface area contributed by atoms with Gasteiger partial charge in [-0.15, -0.1) is 0 Å². The molecule has 0 saturated carbocycles. The second-order valence-corrected chi connectivity index (χ2v) is 7.69. The molecule has 34 heavy (non-hydrogen) atoms. The third kappa shape index (κ3) is 4.48. The highest BCUT2D eigenvalue weighted by Crippen LogP contribution is 2.39. The Morgan fingerprint density at radius 1 is 1.06 bits per heavy atom. The lowest BCUT2D eigenvalue weighted by molar-refractivity contribution is -0.145. The summed E-state index contributed by atoms with van der Waals surface area (Å²) in [6.07, 6.45) is 2.58. The topological polar surface area (TPSA) is 106 Å². The quantitative estimate of drug-likeness (QED) is 0.447. The van der Waals surface area contributed by atoms with Crippen LogP contribution < -0.4 is 14.4 Å². The number of carbonyl (C=O) groups is 3. The number of nitrogens with zero attached hydrogens (tertiary/aromatic N) is 2. The number of carbonyl (C=O) groups excluding carboxylic acids is 3. The first-order valence-corrected chi connectivity index (χ1v) is 10.8. The molecule has 0 N–H and O–H groups in total. The molecule has 0 radical (unpaired) electrons. The zero-order valence-corrected chi connectivity index (χ0v) is 18.4. The van der Waals surface area contributed by atoms with Crippen molar-refractivity contribution in [2.24, 2.45) is 0 Å². The number of amides is 2. The van der Waals surface area contributed by atoms with E-state index in [1.807, 2.05) is 6.07 Å². The van der Waals surface area contributed by atoms with Crippen LogP contribution in [0.15, 0.2) is 47.5 Å². The zero-order valence-electron chi connectivity index (χ0n) is 18.4. The normalized spacial score (nSPS) is 15.1. The van der Waals surface area contributed by atoms with Crippen molar-refractivity contribution in [2.75, 3.05) is 18.1 Å². The number of hydrogen-bond donors (Lipinski definition) is 0. The molecule has 4 rings (SSSR count). The van der Waals surface area contributed by atoms with Crippen LogP contribution in [0.3, 0.4) is 0 Å². The van der Waals surface area contributed by atoms with Crippen molar-refractivity contribution in [3.63, 3.8) is 0 Å². The summed E-state index contributed by atoms with van der Waals surface area (Å²) in [7, 11) is 0. The van der Waals surface area contributed by atoms with E-state index < -0.39 is 23.6 Å². The molecule has 8 nitrogen and oxygen atoms in total. The van der Waals surface area contributed by atoms with Crippen molar-refractivity contribution in [1.82, 2.24) is 0 Å². The largest absolute Gasteiger partial charge is 0.482 e. The van der Waals surface area contributed by atoms with Gasteiger partial charge in [-0.05, 0) is 62.9 Å². The third-order valence-corrected chi connectivity index (χ3v) is 5.51. The third-order valence-electron chi connectivity index (χ3n) is 5.51. The molecule has 2 amide bonds. The minimum absolute atomic E-state index is 0.00966. The molecule has 174 valence electrons. The Balaban J connectivity index is 1.56. The summed E-state index contributed by atoms with van der Waals surface area (Å²) in [6, 6.07) is 10.2. The number of anilines is 1. The van der Waals surface area contributed by atoms with E-state index in [0.29, 0.717) is 35.5 Å². The van der Waals surface area contributed by atoms with Crippen LogP contribution in [-0.2, 0) is 19.1 Å². The van der Waals surface area contributed by atoms with Gasteiger partial charge in [0, 0.05) is 17.2 Å². The minimum Gasteiger partial charge on any atom is -0.482 e. The lowest BCUT2D eigenvalue weighted by Gasteiger charge is -2.18. The Hall–Kier alpha value is -4.19. The Bertz CT molecular complexity index is 1200. The van der Waals surface area contributed by atoms with E-state index in [-0.39, 0.29) is 30.2 Å². The van der Waals surface area contributed by atoms with E-state index in [1.54, 1.807) is 19.1 Å². The van der Waals surface area contributed by atoms with Gasteiger partial charge in [0.25, 0.3) is 11.8 Å². The molecule has 0 unspecified atom stereocenters. The van der Waals surface area contributed by atoms with Crippen molar-refractivity contribution < 1.29 is 33.0 Å². The molecule has 2 aromatic carbocycles. The molecule has 0 spiro atoms. The highest BCUT2D eigenvalue weighted by Gasteiger charge is 2.41. The summed E-state index contributed by atoms with van der Waals surface area (Å²) in [6.45, 7) is 1.70. The molecule has 0 fully saturated rings. The lowest BCUT2D eigenvalue weighted by Crippen LogP contribution is -2.32. The van der Waals surface area contributed by atoms with E-state index >= 15 is 0 Å². The van der Waals surface area contributed by atoms with Crippen molar-refractivity contribution in [2.45, 2.75) is 32.6 Å². The highest BCUT2D eigenvalue weighted by molar-refractivity contribution is 6.33. The number of rotatable bonds is 7. The second kappa shape index (κ2) is 9.75. The maximum atomic E-state index is 14.9. The number of nitriles is 1. The van der Waals surface area contributed by atoms with Gasteiger partial charge in [-0.2, -0.15) is 5.26 Å². The van der Waals surface area contributed by atoms with Gasteiger partial charge in [0.1, 0.15) is 29.1 Å². The SMILES string of the molecule is CCOC(=O)COc1ccc(Oc2cc(N3C(=O)C4=C(CCCC4)C3=O)c(F)cc2C#N)cc1. The zero-order chi connectivity index (χ0) is 24.2. The fourth-order valence-corrected chi connectivity index (χ4v) is 3.92. The van der Waals surface area contributed by atoms with Gasteiger partial charge >= 0.3 is 5.97 Å². The summed E-state index contributed by atoms with van der Waals surface area (Å²) >= 11 is 0.